The number of aliphatic hydroxyl groups is 2. The zero-order valence-electron chi connectivity index (χ0n) is 26.7. The number of hydrazine groups is 1. The quantitative estimate of drug-likeness (QED) is 0.111. The summed E-state index contributed by atoms with van der Waals surface area (Å²) in [5.41, 5.74) is 6.69. The van der Waals surface area contributed by atoms with Gasteiger partial charge in [0, 0.05) is 51.8 Å². The Kier molecular flexibility index (Phi) is 9.23. The number of allylic oxidation sites excluding steroid dienone is 1. The van der Waals surface area contributed by atoms with Crippen LogP contribution in [-0.4, -0.2) is 83.8 Å². The lowest BCUT2D eigenvalue weighted by Crippen LogP contribution is -2.32. The number of thiol groups is 1. The van der Waals surface area contributed by atoms with Gasteiger partial charge in [-0.1, -0.05) is 26.5 Å². The monoisotopic (exact) mass is 667 g/mol. The summed E-state index contributed by atoms with van der Waals surface area (Å²) in [6.45, 7) is 10.7. The number of H-pyrrole nitrogens is 1. The van der Waals surface area contributed by atoms with Crippen molar-refractivity contribution in [2.75, 3.05) is 6.61 Å². The molecule has 252 valence electrons. The van der Waals surface area contributed by atoms with E-state index in [9.17, 15) is 39.6 Å². The van der Waals surface area contributed by atoms with E-state index in [0.717, 1.165) is 16.8 Å². The van der Waals surface area contributed by atoms with Gasteiger partial charge in [-0.2, -0.15) is 18.1 Å². The molecule has 1 aromatic rings. The third-order valence-corrected chi connectivity index (χ3v) is 10.1. The highest BCUT2D eigenvalue weighted by atomic mass is 32.1. The van der Waals surface area contributed by atoms with Crippen LogP contribution < -0.4 is 26.6 Å². The molecule has 2 amide bonds. The molecule has 0 spiro atoms. The smallest absolute Gasteiger partial charge is 0.311 e. The Morgan fingerprint density at radius 3 is 2.45 bits per heavy atom. The number of aromatic amines is 1. The van der Waals surface area contributed by atoms with Gasteiger partial charge in [0.2, 0.25) is 5.91 Å². The number of nitrogens with zero attached hydrogens (tertiary/aromatic N) is 1. The first-order chi connectivity index (χ1) is 22.1. The van der Waals surface area contributed by atoms with E-state index >= 15 is 0 Å². The van der Waals surface area contributed by atoms with Crippen molar-refractivity contribution >= 4 is 48.2 Å². The van der Waals surface area contributed by atoms with Gasteiger partial charge in [0.25, 0.3) is 5.91 Å². The van der Waals surface area contributed by atoms with Crippen LogP contribution in [0.25, 0.3) is 11.8 Å². The van der Waals surface area contributed by atoms with Crippen molar-refractivity contribution in [1.82, 2.24) is 26.1 Å². The van der Waals surface area contributed by atoms with Crippen LogP contribution in [0.15, 0.2) is 46.7 Å². The maximum Gasteiger partial charge on any atom is 0.311 e. The summed E-state index contributed by atoms with van der Waals surface area (Å²) in [5.74, 6) is -3.33. The molecule has 0 aromatic carbocycles. The highest BCUT2D eigenvalue weighted by Crippen LogP contribution is 2.51. The van der Waals surface area contributed by atoms with Gasteiger partial charge in [-0.15, -0.1) is 0 Å². The Bertz CT molecular complexity index is 1790. The molecule has 13 nitrogen and oxygen atoms in total. The van der Waals surface area contributed by atoms with Gasteiger partial charge in [-0.3, -0.25) is 24.2 Å². The molecule has 1 aromatic heterocycles. The van der Waals surface area contributed by atoms with Crippen molar-refractivity contribution in [2.24, 2.45) is 11.8 Å². The van der Waals surface area contributed by atoms with E-state index in [4.69, 9.17) is 0 Å². The number of hydrogen-bond donors (Lipinski definition) is 9. The molecule has 5 heterocycles. The number of carboxylic acid groups (broad SMARTS) is 2. The first-order valence-corrected chi connectivity index (χ1v) is 16.0. The summed E-state index contributed by atoms with van der Waals surface area (Å²) in [6, 6.07) is -0.873. The number of aliphatic hydroxyl groups excluding tert-OH is 2. The summed E-state index contributed by atoms with van der Waals surface area (Å²) >= 11 is 4.64. The van der Waals surface area contributed by atoms with Crippen molar-refractivity contribution < 1.29 is 39.6 Å². The van der Waals surface area contributed by atoms with E-state index in [1.54, 1.807) is 13.0 Å². The molecule has 14 heteroatoms. The van der Waals surface area contributed by atoms with E-state index in [0.29, 0.717) is 27.8 Å². The second-order valence-electron chi connectivity index (χ2n) is 12.6. The number of carbonyl (C=O) groups is 4. The van der Waals surface area contributed by atoms with E-state index < -0.39 is 30.1 Å². The highest BCUT2D eigenvalue weighted by molar-refractivity contribution is 7.80. The molecular weight excluding hydrogens is 626 g/mol. The van der Waals surface area contributed by atoms with Crippen LogP contribution >= 0.6 is 12.6 Å². The number of aliphatic carboxylic acids is 2. The van der Waals surface area contributed by atoms with Crippen LogP contribution in [0.2, 0.25) is 0 Å². The zero-order chi connectivity index (χ0) is 34.5. The van der Waals surface area contributed by atoms with E-state index in [-0.39, 0.29) is 71.8 Å². The minimum atomic E-state index is -1.23. The van der Waals surface area contributed by atoms with Gasteiger partial charge < -0.3 is 36.0 Å². The van der Waals surface area contributed by atoms with Crippen molar-refractivity contribution in [1.29, 1.82) is 0 Å². The number of carbonyl (C=O) groups excluding carboxylic acids is 2. The molecule has 1 unspecified atom stereocenters. The number of amides is 2. The lowest BCUT2D eigenvalue weighted by molar-refractivity contribution is -0.137. The average Bonchev–Trinajstić information content (AvgIpc) is 3.18. The van der Waals surface area contributed by atoms with E-state index in [1.807, 2.05) is 31.9 Å². The molecule has 0 aliphatic carbocycles. The van der Waals surface area contributed by atoms with Gasteiger partial charge >= 0.3 is 11.9 Å². The van der Waals surface area contributed by atoms with Crippen LogP contribution in [0.3, 0.4) is 0 Å². The molecule has 0 bridgehead atoms. The Morgan fingerprint density at radius 2 is 1.85 bits per heavy atom. The number of rotatable bonds is 12. The molecule has 47 heavy (non-hydrogen) atoms. The fraction of sp³-hybridized carbons (Fsp3) is 0.455. The van der Waals surface area contributed by atoms with Crippen LogP contribution in [0.5, 0.6) is 0 Å². The Morgan fingerprint density at radius 1 is 1.15 bits per heavy atom. The lowest BCUT2D eigenvalue weighted by Gasteiger charge is -2.22. The topological polar surface area (TPSA) is 214 Å². The van der Waals surface area contributed by atoms with Crippen LogP contribution in [0.1, 0.15) is 51.3 Å². The second kappa shape index (κ2) is 12.7. The number of hydrogen-bond acceptors (Lipinski definition) is 9. The summed E-state index contributed by atoms with van der Waals surface area (Å²) in [5, 5.41) is 48.5. The predicted octanol–water partition coefficient (Wildman–Crippen LogP) is 0.425. The fourth-order valence-corrected chi connectivity index (χ4v) is 7.81. The standard InChI is InChI=1S/C33H41N5O8S/c1-6-18-19(13-39)22(35-32(18)46)9-21-15(3)30(26(40)11-28(43)44)24(34-21)12-33-20(7-8-27(41)42)14(2)25(38(33)37-33)10-23-29(17(5)47)16(4)31(45)36-23/h6,10,12,16-17,22-23,29,34,37,39-40,47H,1,7-9,11,13H2,2-5H3,(H,35,46)(H,36,45)(H,41,42)(H,43,44)/b24-12-,25-10+,30-26+/t16-,17+,22-,23?,29+,33+,38?/m1/s1. The maximum absolute atomic E-state index is 12.6. The van der Waals surface area contributed by atoms with E-state index in [1.165, 1.54) is 6.08 Å². The van der Waals surface area contributed by atoms with Crippen LogP contribution in [0.4, 0.5) is 0 Å². The van der Waals surface area contributed by atoms with Crippen LogP contribution in [0, 0.1) is 18.8 Å². The normalized spacial score (nSPS) is 29.4. The molecule has 4 aliphatic heterocycles. The van der Waals surface area contributed by atoms with Crippen molar-refractivity contribution in [3.05, 3.63) is 68.5 Å². The minimum Gasteiger partial charge on any atom is -0.511 e. The Hall–Kier alpha value is -4.27. The predicted molar refractivity (Wildman–Crippen MR) is 176 cm³/mol. The maximum atomic E-state index is 12.6. The van der Waals surface area contributed by atoms with Crippen molar-refractivity contribution in [3.8, 4) is 0 Å². The zero-order valence-corrected chi connectivity index (χ0v) is 27.6. The number of nitrogens with one attached hydrogen (secondary N) is 4. The van der Waals surface area contributed by atoms with Crippen molar-refractivity contribution in [2.45, 2.75) is 76.4 Å². The SMILES string of the molecule is C=CC1=C(CO)[C@@H](Cc2[nH]c(=C\[C@]34NN3/C(=C/C3NC(=O)[C@H](C)[C@H]3[C@H](C)S)C(C)=C4CCC(=O)O)/c(=C(/O)CC(=O)O)c2C)NC1=O. The highest BCUT2D eigenvalue weighted by Gasteiger charge is 2.60. The largest absolute Gasteiger partial charge is 0.511 e. The Labute approximate surface area is 276 Å². The molecule has 4 aliphatic rings. The fourth-order valence-electron chi connectivity index (χ4n) is 7.37. The molecule has 5 rings (SSSR count). The summed E-state index contributed by atoms with van der Waals surface area (Å²) in [4.78, 5) is 51.8. The molecule has 0 saturated carbocycles. The average molecular weight is 668 g/mol. The number of fused-ring (bicyclic) bond motifs is 1. The van der Waals surface area contributed by atoms with Crippen LogP contribution in [-0.2, 0) is 25.6 Å². The third-order valence-electron chi connectivity index (χ3n) is 9.76. The third kappa shape index (κ3) is 6.01. The molecule has 2 saturated heterocycles. The van der Waals surface area contributed by atoms with Gasteiger partial charge in [-0.05, 0) is 54.7 Å². The molecule has 2 fully saturated rings. The van der Waals surface area contributed by atoms with Gasteiger partial charge in [0.15, 0.2) is 5.66 Å². The first kappa shape index (κ1) is 34.1. The molecular formula is C33H41N5O8S. The molecule has 8 N–H and O–H groups in total. The summed E-state index contributed by atoms with van der Waals surface area (Å²) < 4.78 is 0. The molecule has 0 radical (unpaired) electrons. The van der Waals surface area contributed by atoms with E-state index in [2.05, 4.69) is 40.3 Å². The number of aromatic nitrogens is 1. The Balaban J connectivity index is 1.64. The second-order valence-corrected chi connectivity index (χ2v) is 13.4. The molecule has 6 atom stereocenters. The minimum absolute atomic E-state index is 0.0681. The summed E-state index contributed by atoms with van der Waals surface area (Å²) in [6.07, 6.45) is 4.80. The van der Waals surface area contributed by atoms with Crippen molar-refractivity contribution in [3.63, 3.8) is 0 Å². The summed E-state index contributed by atoms with van der Waals surface area (Å²) in [7, 11) is 0. The lowest BCUT2D eigenvalue weighted by atomic mass is 9.88. The van der Waals surface area contributed by atoms with Gasteiger partial charge in [0.1, 0.15) is 12.2 Å². The van der Waals surface area contributed by atoms with Gasteiger partial charge in [-0.25, -0.2) is 0 Å². The number of carboxylic acids is 2. The first-order valence-electron chi connectivity index (χ1n) is 15.5. The van der Waals surface area contributed by atoms with Gasteiger partial charge in [0.05, 0.1) is 24.4 Å².